The maximum Gasteiger partial charge on any atom is 0.0677 e. The van der Waals surface area contributed by atoms with E-state index in [0.29, 0.717) is 0 Å². The molecule has 0 aliphatic carbocycles. The number of hydrogen-bond acceptors (Lipinski definition) is 1. The fourth-order valence-electron chi connectivity index (χ4n) is 1.35. The second-order valence-electron chi connectivity index (χ2n) is 2.66. The SMILES string of the molecule is CCn1cc(I)c2ccncc21. The number of fused-ring (bicyclic) bond motifs is 1. The Kier molecular flexibility index (Phi) is 2.04. The first kappa shape index (κ1) is 8.04. The topological polar surface area (TPSA) is 17.8 Å². The minimum absolute atomic E-state index is 1.01. The highest BCUT2D eigenvalue weighted by Crippen LogP contribution is 2.21. The molecule has 0 amide bonds. The molecule has 0 saturated heterocycles. The number of nitrogens with zero attached hydrogens (tertiary/aromatic N) is 2. The van der Waals surface area contributed by atoms with Gasteiger partial charge in [-0.05, 0) is 35.6 Å². The first-order chi connectivity index (χ1) is 5.83. The number of pyridine rings is 1. The van der Waals surface area contributed by atoms with Gasteiger partial charge in [0.05, 0.1) is 11.7 Å². The molecule has 62 valence electrons. The molecule has 0 atom stereocenters. The third-order valence-electron chi connectivity index (χ3n) is 1.98. The average molecular weight is 272 g/mol. The molecule has 0 N–H and O–H groups in total. The average Bonchev–Trinajstić information content (AvgIpc) is 2.44. The molecule has 2 rings (SSSR count). The van der Waals surface area contributed by atoms with Crippen molar-refractivity contribution in [2.45, 2.75) is 13.5 Å². The van der Waals surface area contributed by atoms with E-state index >= 15 is 0 Å². The minimum Gasteiger partial charge on any atom is -0.345 e. The van der Waals surface area contributed by atoms with Crippen LogP contribution in [-0.4, -0.2) is 9.55 Å². The second kappa shape index (κ2) is 3.05. The van der Waals surface area contributed by atoms with Gasteiger partial charge in [-0.25, -0.2) is 0 Å². The highest BCUT2D eigenvalue weighted by Gasteiger charge is 2.03. The van der Waals surface area contributed by atoms with Gasteiger partial charge in [-0.3, -0.25) is 4.98 Å². The molecule has 0 unspecified atom stereocenters. The lowest BCUT2D eigenvalue weighted by Crippen LogP contribution is -1.90. The monoisotopic (exact) mass is 272 g/mol. The molecule has 0 saturated carbocycles. The Balaban J connectivity index is 2.82. The van der Waals surface area contributed by atoms with Gasteiger partial charge < -0.3 is 4.57 Å². The van der Waals surface area contributed by atoms with E-state index in [1.165, 1.54) is 14.5 Å². The van der Waals surface area contributed by atoms with Crippen LogP contribution in [0.3, 0.4) is 0 Å². The van der Waals surface area contributed by atoms with Gasteiger partial charge in [-0.15, -0.1) is 0 Å². The number of hydrogen-bond donors (Lipinski definition) is 0. The Morgan fingerprint density at radius 3 is 3.17 bits per heavy atom. The Morgan fingerprint density at radius 2 is 2.42 bits per heavy atom. The molecule has 2 heterocycles. The van der Waals surface area contributed by atoms with Crippen LogP contribution in [0.4, 0.5) is 0 Å². The van der Waals surface area contributed by atoms with Crippen molar-refractivity contribution in [2.24, 2.45) is 0 Å². The van der Waals surface area contributed by atoms with Crippen molar-refractivity contribution >= 4 is 33.5 Å². The van der Waals surface area contributed by atoms with Crippen LogP contribution in [0, 0.1) is 3.57 Å². The molecule has 0 aliphatic rings. The van der Waals surface area contributed by atoms with Gasteiger partial charge in [0, 0.05) is 27.9 Å². The van der Waals surface area contributed by atoms with Crippen LogP contribution >= 0.6 is 22.6 Å². The van der Waals surface area contributed by atoms with E-state index in [2.05, 4.69) is 51.3 Å². The van der Waals surface area contributed by atoms with E-state index in [4.69, 9.17) is 0 Å². The summed E-state index contributed by atoms with van der Waals surface area (Å²) in [4.78, 5) is 4.11. The number of halogens is 1. The zero-order valence-corrected chi connectivity index (χ0v) is 8.95. The van der Waals surface area contributed by atoms with Gasteiger partial charge in [0.2, 0.25) is 0 Å². The molecule has 0 fully saturated rings. The molecule has 0 aromatic carbocycles. The van der Waals surface area contributed by atoms with E-state index < -0.39 is 0 Å². The Morgan fingerprint density at radius 1 is 1.58 bits per heavy atom. The van der Waals surface area contributed by atoms with E-state index in [9.17, 15) is 0 Å². The third-order valence-corrected chi connectivity index (χ3v) is 2.84. The van der Waals surface area contributed by atoms with Gasteiger partial charge in [-0.1, -0.05) is 0 Å². The van der Waals surface area contributed by atoms with Crippen molar-refractivity contribution in [3.05, 3.63) is 28.2 Å². The zero-order valence-electron chi connectivity index (χ0n) is 6.79. The highest BCUT2D eigenvalue weighted by molar-refractivity contribution is 14.1. The summed E-state index contributed by atoms with van der Waals surface area (Å²) in [5.41, 5.74) is 1.23. The van der Waals surface area contributed by atoms with Gasteiger partial charge in [-0.2, -0.15) is 0 Å². The lowest BCUT2D eigenvalue weighted by Gasteiger charge is -1.97. The van der Waals surface area contributed by atoms with E-state index in [-0.39, 0.29) is 0 Å². The normalized spacial score (nSPS) is 10.8. The maximum absolute atomic E-state index is 4.11. The summed E-state index contributed by atoms with van der Waals surface area (Å²) in [6.07, 6.45) is 5.92. The zero-order chi connectivity index (χ0) is 8.55. The fourth-order valence-corrected chi connectivity index (χ4v) is 2.15. The molecule has 2 aromatic heterocycles. The van der Waals surface area contributed by atoms with Crippen LogP contribution in [0.2, 0.25) is 0 Å². The van der Waals surface area contributed by atoms with E-state index in [0.717, 1.165) is 6.54 Å². The number of aromatic nitrogens is 2. The molecule has 0 spiro atoms. The Labute approximate surface area is 84.7 Å². The summed E-state index contributed by atoms with van der Waals surface area (Å²) < 4.78 is 3.51. The molecule has 0 radical (unpaired) electrons. The van der Waals surface area contributed by atoms with Gasteiger partial charge in [0.1, 0.15) is 0 Å². The standard InChI is InChI=1S/C9H9IN2/c1-2-12-6-8(10)7-3-4-11-5-9(7)12/h3-6H,2H2,1H3. The molecule has 3 heteroatoms. The summed E-state index contributed by atoms with van der Waals surface area (Å²) in [5, 5.41) is 1.30. The van der Waals surface area contributed by atoms with Crippen LogP contribution in [0.1, 0.15) is 6.92 Å². The lowest BCUT2D eigenvalue weighted by atomic mass is 10.3. The van der Waals surface area contributed by atoms with Crippen LogP contribution in [0.5, 0.6) is 0 Å². The predicted molar refractivity (Wildman–Crippen MR) is 58.1 cm³/mol. The summed E-state index contributed by atoms with van der Waals surface area (Å²) >= 11 is 2.35. The molecule has 2 aromatic rings. The smallest absolute Gasteiger partial charge is 0.0677 e. The quantitative estimate of drug-likeness (QED) is 0.730. The number of rotatable bonds is 1. The predicted octanol–water partition coefficient (Wildman–Crippen LogP) is 2.66. The first-order valence-corrected chi connectivity index (χ1v) is 4.99. The van der Waals surface area contributed by atoms with Crippen molar-refractivity contribution in [1.29, 1.82) is 0 Å². The largest absolute Gasteiger partial charge is 0.345 e. The second-order valence-corrected chi connectivity index (χ2v) is 3.82. The van der Waals surface area contributed by atoms with Crippen LogP contribution < -0.4 is 0 Å². The van der Waals surface area contributed by atoms with Crippen molar-refractivity contribution in [2.75, 3.05) is 0 Å². The van der Waals surface area contributed by atoms with Crippen molar-refractivity contribution in [3.63, 3.8) is 0 Å². The lowest BCUT2D eigenvalue weighted by molar-refractivity contribution is 0.794. The third kappa shape index (κ3) is 1.12. The summed E-state index contributed by atoms with van der Waals surface area (Å²) in [5.74, 6) is 0. The molecule has 0 bridgehead atoms. The van der Waals surface area contributed by atoms with Crippen LogP contribution in [0.25, 0.3) is 10.9 Å². The molecule has 12 heavy (non-hydrogen) atoms. The highest BCUT2D eigenvalue weighted by atomic mass is 127. The first-order valence-electron chi connectivity index (χ1n) is 3.91. The van der Waals surface area contributed by atoms with Crippen LogP contribution in [-0.2, 0) is 6.54 Å². The van der Waals surface area contributed by atoms with Crippen molar-refractivity contribution in [3.8, 4) is 0 Å². The summed E-state index contributed by atoms with van der Waals surface area (Å²) in [6, 6.07) is 2.06. The Bertz CT molecular complexity index is 406. The molecular weight excluding hydrogens is 263 g/mol. The van der Waals surface area contributed by atoms with Crippen molar-refractivity contribution in [1.82, 2.24) is 9.55 Å². The van der Waals surface area contributed by atoms with Gasteiger partial charge >= 0.3 is 0 Å². The van der Waals surface area contributed by atoms with Gasteiger partial charge in [0.15, 0.2) is 0 Å². The molecule has 2 nitrogen and oxygen atoms in total. The fraction of sp³-hybridized carbons (Fsp3) is 0.222. The molecular formula is C9H9IN2. The van der Waals surface area contributed by atoms with Gasteiger partial charge in [0.25, 0.3) is 0 Å². The van der Waals surface area contributed by atoms with E-state index in [1.54, 1.807) is 0 Å². The van der Waals surface area contributed by atoms with Crippen LogP contribution in [0.15, 0.2) is 24.7 Å². The van der Waals surface area contributed by atoms with Crippen molar-refractivity contribution < 1.29 is 0 Å². The summed E-state index contributed by atoms with van der Waals surface area (Å²) in [6.45, 7) is 3.15. The summed E-state index contributed by atoms with van der Waals surface area (Å²) in [7, 11) is 0. The number of aryl methyl sites for hydroxylation is 1. The van der Waals surface area contributed by atoms with E-state index in [1.807, 2.05) is 12.4 Å². The minimum atomic E-state index is 1.01. The maximum atomic E-state index is 4.11. The molecule has 0 aliphatic heterocycles. The Hall–Kier alpha value is -0.580.